The maximum absolute atomic E-state index is 11.7. The van der Waals surface area contributed by atoms with Crippen molar-refractivity contribution in [2.75, 3.05) is 13.1 Å². The molecule has 16 heavy (non-hydrogen) atoms. The van der Waals surface area contributed by atoms with E-state index in [2.05, 4.69) is 5.32 Å². The summed E-state index contributed by atoms with van der Waals surface area (Å²) in [6.07, 6.45) is 4.29. The van der Waals surface area contributed by atoms with Crippen molar-refractivity contribution in [2.45, 2.75) is 45.1 Å². The zero-order valence-corrected chi connectivity index (χ0v) is 9.74. The topological polar surface area (TPSA) is 69.6 Å². The van der Waals surface area contributed by atoms with Gasteiger partial charge in [0.25, 0.3) is 0 Å². The summed E-state index contributed by atoms with van der Waals surface area (Å²) in [5.41, 5.74) is 0. The highest BCUT2D eigenvalue weighted by molar-refractivity contribution is 5.82. The second kappa shape index (κ2) is 6.35. The minimum atomic E-state index is -0.898. The Labute approximate surface area is 95.8 Å². The number of nitrogens with zero attached hydrogens (tertiary/aromatic N) is 1. The first-order chi connectivity index (χ1) is 7.66. The average molecular weight is 228 g/mol. The Balaban J connectivity index is 2.47. The van der Waals surface area contributed by atoms with Crippen LogP contribution in [-0.2, 0) is 4.79 Å². The maximum Gasteiger partial charge on any atom is 0.326 e. The number of hydrogen-bond donors (Lipinski definition) is 2. The van der Waals surface area contributed by atoms with E-state index in [1.807, 2.05) is 6.92 Å². The number of carboxylic acids is 1. The third-order valence-electron chi connectivity index (χ3n) is 2.86. The van der Waals surface area contributed by atoms with Gasteiger partial charge in [-0.25, -0.2) is 9.59 Å². The summed E-state index contributed by atoms with van der Waals surface area (Å²) in [6, 6.07) is -0.879. The third kappa shape index (κ3) is 3.40. The summed E-state index contributed by atoms with van der Waals surface area (Å²) in [7, 11) is 0. The molecule has 92 valence electrons. The number of rotatable bonds is 4. The molecule has 1 unspecified atom stereocenters. The van der Waals surface area contributed by atoms with Crippen LogP contribution in [0, 0.1) is 0 Å². The maximum atomic E-state index is 11.7. The van der Waals surface area contributed by atoms with Crippen molar-refractivity contribution in [2.24, 2.45) is 0 Å². The van der Waals surface area contributed by atoms with Crippen LogP contribution < -0.4 is 5.32 Å². The molecule has 2 amide bonds. The fourth-order valence-electron chi connectivity index (χ4n) is 1.91. The molecule has 1 saturated heterocycles. The Hall–Kier alpha value is -1.26. The first-order valence-electron chi connectivity index (χ1n) is 5.94. The molecule has 0 aromatic heterocycles. The Bertz CT molecular complexity index is 256. The number of likely N-dealkylation sites (tertiary alicyclic amines) is 1. The second-order valence-electron chi connectivity index (χ2n) is 4.13. The zero-order chi connectivity index (χ0) is 12.0. The molecule has 0 bridgehead atoms. The first-order valence-corrected chi connectivity index (χ1v) is 5.94. The predicted octanol–water partition coefficient (Wildman–Crippen LogP) is 1.44. The fraction of sp³-hybridized carbons (Fsp3) is 0.818. The van der Waals surface area contributed by atoms with Gasteiger partial charge in [-0.1, -0.05) is 13.3 Å². The van der Waals surface area contributed by atoms with Crippen molar-refractivity contribution in [3.63, 3.8) is 0 Å². The number of carboxylic acid groups (broad SMARTS) is 1. The number of urea groups is 1. The van der Waals surface area contributed by atoms with E-state index >= 15 is 0 Å². The smallest absolute Gasteiger partial charge is 0.326 e. The molecule has 1 aliphatic heterocycles. The van der Waals surface area contributed by atoms with Crippen LogP contribution in [0.25, 0.3) is 0 Å². The molecule has 0 radical (unpaired) electrons. The summed E-state index contributed by atoms with van der Waals surface area (Å²) in [5.74, 6) is -0.898. The Morgan fingerprint density at radius 1 is 1.44 bits per heavy atom. The van der Waals surface area contributed by atoms with Gasteiger partial charge in [0, 0.05) is 13.1 Å². The number of aliphatic carboxylic acids is 1. The van der Waals surface area contributed by atoms with Gasteiger partial charge in [0.05, 0.1) is 0 Å². The SMILES string of the molecule is CCCCNC(=O)N1CCCCC1C(=O)O. The highest BCUT2D eigenvalue weighted by Gasteiger charge is 2.31. The van der Waals surface area contributed by atoms with Crippen molar-refractivity contribution < 1.29 is 14.7 Å². The van der Waals surface area contributed by atoms with E-state index in [-0.39, 0.29) is 6.03 Å². The van der Waals surface area contributed by atoms with Crippen LogP contribution >= 0.6 is 0 Å². The number of nitrogens with one attached hydrogen (secondary N) is 1. The minimum absolute atomic E-state index is 0.236. The van der Waals surface area contributed by atoms with E-state index in [9.17, 15) is 9.59 Å². The van der Waals surface area contributed by atoms with Crippen LogP contribution in [0.1, 0.15) is 39.0 Å². The van der Waals surface area contributed by atoms with Gasteiger partial charge in [0.2, 0.25) is 0 Å². The fourth-order valence-corrected chi connectivity index (χ4v) is 1.91. The van der Waals surface area contributed by atoms with Crippen molar-refractivity contribution >= 4 is 12.0 Å². The molecular weight excluding hydrogens is 208 g/mol. The molecule has 0 aromatic rings. The van der Waals surface area contributed by atoms with Crippen LogP contribution in [0.4, 0.5) is 4.79 Å². The molecule has 0 spiro atoms. The lowest BCUT2D eigenvalue weighted by Gasteiger charge is -2.32. The summed E-state index contributed by atoms with van der Waals surface area (Å²) in [5, 5.41) is 11.8. The first kappa shape index (κ1) is 12.8. The van der Waals surface area contributed by atoms with Crippen molar-refractivity contribution in [3.8, 4) is 0 Å². The number of carbonyl (C=O) groups is 2. The second-order valence-corrected chi connectivity index (χ2v) is 4.13. The lowest BCUT2D eigenvalue weighted by atomic mass is 10.0. The van der Waals surface area contributed by atoms with E-state index in [0.717, 1.165) is 25.7 Å². The van der Waals surface area contributed by atoms with Gasteiger partial charge in [-0.15, -0.1) is 0 Å². The predicted molar refractivity (Wildman–Crippen MR) is 60.3 cm³/mol. The van der Waals surface area contributed by atoms with E-state index < -0.39 is 12.0 Å². The highest BCUT2D eigenvalue weighted by Crippen LogP contribution is 2.17. The van der Waals surface area contributed by atoms with E-state index in [1.165, 1.54) is 4.90 Å². The molecule has 0 saturated carbocycles. The summed E-state index contributed by atoms with van der Waals surface area (Å²) < 4.78 is 0. The van der Waals surface area contributed by atoms with Gasteiger partial charge in [0.1, 0.15) is 6.04 Å². The molecular formula is C11H20N2O3. The summed E-state index contributed by atoms with van der Waals surface area (Å²) in [4.78, 5) is 24.2. The molecule has 2 N–H and O–H groups in total. The standard InChI is InChI=1S/C11H20N2O3/c1-2-3-7-12-11(16)13-8-5-4-6-9(13)10(14)15/h9H,2-8H2,1H3,(H,12,16)(H,14,15). The monoisotopic (exact) mass is 228 g/mol. The molecule has 5 heteroatoms. The van der Waals surface area contributed by atoms with Crippen molar-refractivity contribution in [1.29, 1.82) is 0 Å². The Kier molecular flexibility index (Phi) is 5.08. The molecule has 1 aliphatic rings. The minimum Gasteiger partial charge on any atom is -0.480 e. The summed E-state index contributed by atoms with van der Waals surface area (Å²) in [6.45, 7) is 3.22. The lowest BCUT2D eigenvalue weighted by molar-refractivity contribution is -0.143. The van der Waals surface area contributed by atoms with Gasteiger partial charge in [-0.3, -0.25) is 0 Å². The largest absolute Gasteiger partial charge is 0.480 e. The van der Waals surface area contributed by atoms with E-state index in [4.69, 9.17) is 5.11 Å². The molecule has 0 aliphatic carbocycles. The Morgan fingerprint density at radius 3 is 2.81 bits per heavy atom. The molecule has 0 aromatic carbocycles. The van der Waals surface area contributed by atoms with Crippen LogP contribution in [0.3, 0.4) is 0 Å². The molecule has 1 fully saturated rings. The number of carbonyl (C=O) groups excluding carboxylic acids is 1. The van der Waals surface area contributed by atoms with Gasteiger partial charge >= 0.3 is 12.0 Å². The van der Waals surface area contributed by atoms with Gasteiger partial charge in [-0.2, -0.15) is 0 Å². The molecule has 1 heterocycles. The number of amides is 2. The van der Waals surface area contributed by atoms with E-state index in [1.54, 1.807) is 0 Å². The molecule has 1 atom stereocenters. The van der Waals surface area contributed by atoms with Gasteiger partial charge < -0.3 is 15.3 Å². The van der Waals surface area contributed by atoms with E-state index in [0.29, 0.717) is 19.5 Å². The van der Waals surface area contributed by atoms with Gasteiger partial charge in [-0.05, 0) is 25.7 Å². The lowest BCUT2D eigenvalue weighted by Crippen LogP contribution is -2.52. The normalized spacial score (nSPS) is 20.6. The number of piperidine rings is 1. The quantitative estimate of drug-likeness (QED) is 0.715. The number of hydrogen-bond acceptors (Lipinski definition) is 2. The van der Waals surface area contributed by atoms with Crippen LogP contribution in [-0.4, -0.2) is 41.1 Å². The molecule has 5 nitrogen and oxygen atoms in total. The van der Waals surface area contributed by atoms with Crippen molar-refractivity contribution in [1.82, 2.24) is 10.2 Å². The van der Waals surface area contributed by atoms with Gasteiger partial charge in [0.15, 0.2) is 0 Å². The zero-order valence-electron chi connectivity index (χ0n) is 9.74. The van der Waals surface area contributed by atoms with Crippen LogP contribution in [0.5, 0.6) is 0 Å². The average Bonchev–Trinajstić information content (AvgIpc) is 2.29. The highest BCUT2D eigenvalue weighted by atomic mass is 16.4. The summed E-state index contributed by atoms with van der Waals surface area (Å²) >= 11 is 0. The third-order valence-corrected chi connectivity index (χ3v) is 2.86. The number of unbranched alkanes of at least 4 members (excludes halogenated alkanes) is 1. The van der Waals surface area contributed by atoms with Crippen molar-refractivity contribution in [3.05, 3.63) is 0 Å². The Morgan fingerprint density at radius 2 is 2.19 bits per heavy atom. The molecule has 1 rings (SSSR count). The van der Waals surface area contributed by atoms with Crippen LogP contribution in [0.15, 0.2) is 0 Å². The van der Waals surface area contributed by atoms with Crippen LogP contribution in [0.2, 0.25) is 0 Å².